The van der Waals surface area contributed by atoms with E-state index >= 15 is 0 Å². The van der Waals surface area contributed by atoms with E-state index in [1.54, 1.807) is 18.2 Å². The number of rotatable bonds is 2. The minimum Gasteiger partial charge on any atom is -0.454 e. The molecule has 0 saturated carbocycles. The Balaban J connectivity index is 2.38. The lowest BCUT2D eigenvalue weighted by atomic mass is 9.98. The highest BCUT2D eigenvalue weighted by Crippen LogP contribution is 2.36. The Morgan fingerprint density at radius 3 is 2.86 bits per heavy atom. The summed E-state index contributed by atoms with van der Waals surface area (Å²) >= 11 is 0. The SMILES string of the molecule is CC(F)(CN)c1ccc2c(c1)OCO2. The first-order valence-electron chi connectivity index (χ1n) is 4.42. The van der Waals surface area contributed by atoms with Gasteiger partial charge in [0, 0.05) is 6.54 Å². The summed E-state index contributed by atoms with van der Waals surface area (Å²) in [4.78, 5) is 0. The van der Waals surface area contributed by atoms with Gasteiger partial charge in [-0.15, -0.1) is 0 Å². The van der Waals surface area contributed by atoms with Crippen molar-refractivity contribution in [1.82, 2.24) is 0 Å². The molecule has 0 radical (unpaired) electrons. The van der Waals surface area contributed by atoms with Crippen molar-refractivity contribution < 1.29 is 13.9 Å². The number of hydrogen-bond donors (Lipinski definition) is 1. The Labute approximate surface area is 81.6 Å². The van der Waals surface area contributed by atoms with Crippen LogP contribution in [0.4, 0.5) is 4.39 Å². The quantitative estimate of drug-likeness (QED) is 0.782. The summed E-state index contributed by atoms with van der Waals surface area (Å²) in [5.74, 6) is 1.24. The van der Waals surface area contributed by atoms with Gasteiger partial charge in [-0.05, 0) is 24.6 Å². The molecule has 1 heterocycles. The molecule has 76 valence electrons. The number of nitrogens with two attached hydrogens (primary N) is 1. The fourth-order valence-electron chi connectivity index (χ4n) is 1.34. The maximum Gasteiger partial charge on any atom is 0.231 e. The second-order valence-corrected chi connectivity index (χ2v) is 3.47. The molecular formula is C10H12FNO2. The van der Waals surface area contributed by atoms with Gasteiger partial charge in [-0.1, -0.05) is 6.07 Å². The summed E-state index contributed by atoms with van der Waals surface area (Å²) in [6, 6.07) is 5.00. The van der Waals surface area contributed by atoms with Crippen molar-refractivity contribution in [3.63, 3.8) is 0 Å². The van der Waals surface area contributed by atoms with E-state index < -0.39 is 5.67 Å². The van der Waals surface area contributed by atoms with E-state index in [1.807, 2.05) is 0 Å². The molecule has 0 aromatic heterocycles. The first-order valence-corrected chi connectivity index (χ1v) is 4.42. The van der Waals surface area contributed by atoms with Crippen LogP contribution in [-0.4, -0.2) is 13.3 Å². The van der Waals surface area contributed by atoms with Gasteiger partial charge in [-0.2, -0.15) is 0 Å². The summed E-state index contributed by atoms with van der Waals surface area (Å²) in [6.07, 6.45) is 0. The largest absolute Gasteiger partial charge is 0.454 e. The molecule has 4 heteroatoms. The molecular weight excluding hydrogens is 185 g/mol. The minimum atomic E-state index is -1.51. The van der Waals surface area contributed by atoms with Gasteiger partial charge in [0.15, 0.2) is 11.5 Å². The van der Waals surface area contributed by atoms with Crippen LogP contribution in [0.15, 0.2) is 18.2 Å². The van der Waals surface area contributed by atoms with Gasteiger partial charge < -0.3 is 15.2 Å². The van der Waals surface area contributed by atoms with Gasteiger partial charge in [0.25, 0.3) is 0 Å². The molecule has 14 heavy (non-hydrogen) atoms. The summed E-state index contributed by atoms with van der Waals surface area (Å²) in [5.41, 5.74) is 4.34. The van der Waals surface area contributed by atoms with Crippen LogP contribution >= 0.6 is 0 Å². The molecule has 1 aliphatic heterocycles. The number of fused-ring (bicyclic) bond motifs is 1. The monoisotopic (exact) mass is 197 g/mol. The van der Waals surface area contributed by atoms with Gasteiger partial charge >= 0.3 is 0 Å². The lowest BCUT2D eigenvalue weighted by Crippen LogP contribution is -2.26. The molecule has 1 aromatic carbocycles. The van der Waals surface area contributed by atoms with Gasteiger partial charge in [-0.25, -0.2) is 4.39 Å². The zero-order valence-corrected chi connectivity index (χ0v) is 7.92. The van der Waals surface area contributed by atoms with Crippen molar-refractivity contribution >= 4 is 0 Å². The lowest BCUT2D eigenvalue weighted by Gasteiger charge is -2.18. The fraction of sp³-hybridized carbons (Fsp3) is 0.400. The number of halogens is 1. The van der Waals surface area contributed by atoms with Crippen LogP contribution in [0.3, 0.4) is 0 Å². The van der Waals surface area contributed by atoms with E-state index in [-0.39, 0.29) is 13.3 Å². The summed E-state index contributed by atoms with van der Waals surface area (Å²) < 4.78 is 24.1. The standard InChI is InChI=1S/C10H12FNO2/c1-10(11,5-12)7-2-3-8-9(4-7)14-6-13-8/h2-4H,5-6,12H2,1H3. The molecule has 2 rings (SSSR count). The van der Waals surface area contributed by atoms with Crippen LogP contribution in [-0.2, 0) is 5.67 Å². The van der Waals surface area contributed by atoms with Crippen molar-refractivity contribution in [2.75, 3.05) is 13.3 Å². The zero-order valence-electron chi connectivity index (χ0n) is 7.92. The Kier molecular flexibility index (Phi) is 2.07. The third kappa shape index (κ3) is 1.42. The molecule has 0 fully saturated rings. The van der Waals surface area contributed by atoms with Crippen LogP contribution in [0.5, 0.6) is 11.5 Å². The molecule has 0 bridgehead atoms. The molecule has 2 N–H and O–H groups in total. The van der Waals surface area contributed by atoms with Crippen LogP contribution in [0.25, 0.3) is 0 Å². The predicted molar refractivity (Wildman–Crippen MR) is 50.1 cm³/mol. The first kappa shape index (κ1) is 9.27. The maximum atomic E-state index is 13.8. The first-order chi connectivity index (χ1) is 6.63. The Morgan fingerprint density at radius 2 is 2.14 bits per heavy atom. The predicted octanol–water partition coefficient (Wildman–Crippen LogP) is 1.56. The summed E-state index contributed by atoms with van der Waals surface area (Å²) in [6.45, 7) is 1.60. The number of benzene rings is 1. The van der Waals surface area contributed by atoms with Crippen LogP contribution in [0.1, 0.15) is 12.5 Å². The van der Waals surface area contributed by atoms with Crippen LogP contribution < -0.4 is 15.2 Å². The number of hydrogen-bond acceptors (Lipinski definition) is 3. The highest BCUT2D eigenvalue weighted by molar-refractivity contribution is 5.45. The van der Waals surface area contributed by atoms with Gasteiger partial charge in [0.1, 0.15) is 5.67 Å². The molecule has 0 saturated heterocycles. The van der Waals surface area contributed by atoms with Crippen molar-refractivity contribution in [1.29, 1.82) is 0 Å². The fourth-order valence-corrected chi connectivity index (χ4v) is 1.34. The van der Waals surface area contributed by atoms with Gasteiger partial charge in [0.05, 0.1) is 0 Å². The van der Waals surface area contributed by atoms with Crippen LogP contribution in [0.2, 0.25) is 0 Å². The smallest absolute Gasteiger partial charge is 0.231 e. The lowest BCUT2D eigenvalue weighted by molar-refractivity contribution is 0.173. The molecule has 1 atom stereocenters. The highest BCUT2D eigenvalue weighted by atomic mass is 19.1. The van der Waals surface area contributed by atoms with E-state index in [0.717, 1.165) is 0 Å². The van der Waals surface area contributed by atoms with E-state index in [9.17, 15) is 4.39 Å². The van der Waals surface area contributed by atoms with Crippen molar-refractivity contribution in [2.24, 2.45) is 5.73 Å². The Morgan fingerprint density at radius 1 is 1.43 bits per heavy atom. The summed E-state index contributed by atoms with van der Waals surface area (Å²) in [5, 5.41) is 0. The van der Waals surface area contributed by atoms with E-state index in [0.29, 0.717) is 17.1 Å². The number of ether oxygens (including phenoxy) is 2. The molecule has 1 unspecified atom stereocenters. The normalized spacial score (nSPS) is 17.9. The number of alkyl halides is 1. The maximum absolute atomic E-state index is 13.8. The minimum absolute atomic E-state index is 0.0490. The Hall–Kier alpha value is -1.29. The third-order valence-electron chi connectivity index (χ3n) is 2.36. The van der Waals surface area contributed by atoms with Crippen LogP contribution in [0, 0.1) is 0 Å². The Bertz CT molecular complexity index is 352. The summed E-state index contributed by atoms with van der Waals surface area (Å²) in [7, 11) is 0. The third-order valence-corrected chi connectivity index (χ3v) is 2.36. The van der Waals surface area contributed by atoms with E-state index in [1.165, 1.54) is 6.92 Å². The van der Waals surface area contributed by atoms with E-state index in [2.05, 4.69) is 0 Å². The van der Waals surface area contributed by atoms with Crippen molar-refractivity contribution in [3.8, 4) is 11.5 Å². The highest BCUT2D eigenvalue weighted by Gasteiger charge is 2.26. The topological polar surface area (TPSA) is 44.5 Å². The van der Waals surface area contributed by atoms with Crippen molar-refractivity contribution in [2.45, 2.75) is 12.6 Å². The van der Waals surface area contributed by atoms with E-state index in [4.69, 9.17) is 15.2 Å². The zero-order chi connectivity index (χ0) is 10.2. The average molecular weight is 197 g/mol. The molecule has 0 amide bonds. The average Bonchev–Trinajstić information content (AvgIpc) is 2.64. The second-order valence-electron chi connectivity index (χ2n) is 3.47. The van der Waals surface area contributed by atoms with Crippen molar-refractivity contribution in [3.05, 3.63) is 23.8 Å². The molecule has 3 nitrogen and oxygen atoms in total. The molecule has 0 aliphatic carbocycles. The van der Waals surface area contributed by atoms with Gasteiger partial charge in [-0.3, -0.25) is 0 Å². The molecule has 0 spiro atoms. The van der Waals surface area contributed by atoms with Gasteiger partial charge in [0.2, 0.25) is 6.79 Å². The molecule has 1 aliphatic rings. The molecule has 1 aromatic rings. The second kappa shape index (κ2) is 3.13.